The summed E-state index contributed by atoms with van der Waals surface area (Å²) >= 11 is 0. The SMILES string of the molecule is C=C(C)[C@@H]1CC[C@]2(C(=O)O)CC[C@]3(C)[C@H](CC[C@@H]4[C@@]5(C)CC[C@H](OC(=O)CCC(=O)NCc6ccncc6)C(C)(C)[C@@H]5CC[C@]43C)[C@@H]12. The van der Waals surface area contributed by atoms with E-state index in [0.717, 1.165) is 69.8 Å². The number of nitrogens with one attached hydrogen (secondary N) is 1. The molecule has 258 valence electrons. The molecule has 0 saturated heterocycles. The van der Waals surface area contributed by atoms with Crippen molar-refractivity contribution in [2.24, 2.45) is 56.7 Å². The van der Waals surface area contributed by atoms with E-state index in [0.29, 0.717) is 30.2 Å². The number of rotatable bonds is 8. The Labute approximate surface area is 282 Å². The van der Waals surface area contributed by atoms with E-state index in [4.69, 9.17) is 4.74 Å². The molecule has 5 fully saturated rings. The first-order valence-corrected chi connectivity index (χ1v) is 18.3. The third-order valence-electron chi connectivity index (χ3n) is 15.5. The number of esters is 1. The Hall–Kier alpha value is -2.70. The van der Waals surface area contributed by atoms with Gasteiger partial charge in [0.1, 0.15) is 6.10 Å². The summed E-state index contributed by atoms with van der Waals surface area (Å²) in [6.45, 7) is 19.2. The summed E-state index contributed by atoms with van der Waals surface area (Å²) in [5, 5.41) is 13.5. The monoisotopic (exact) mass is 646 g/mol. The summed E-state index contributed by atoms with van der Waals surface area (Å²) in [6, 6.07) is 3.72. The maximum atomic E-state index is 13.1. The van der Waals surface area contributed by atoms with Crippen LogP contribution in [0.5, 0.6) is 0 Å². The van der Waals surface area contributed by atoms with Crippen LogP contribution in [0.3, 0.4) is 0 Å². The molecule has 0 spiro atoms. The minimum absolute atomic E-state index is 0.0846. The van der Waals surface area contributed by atoms with Gasteiger partial charge in [0, 0.05) is 30.8 Å². The molecule has 2 N–H and O–H groups in total. The Balaban J connectivity index is 1.14. The fraction of sp³-hybridized carbons (Fsp3) is 0.750. The number of ether oxygens (including phenoxy) is 1. The third-order valence-corrected chi connectivity index (χ3v) is 15.5. The Morgan fingerprint density at radius 1 is 0.894 bits per heavy atom. The molecular formula is C40H58N2O5. The van der Waals surface area contributed by atoms with E-state index < -0.39 is 11.4 Å². The van der Waals surface area contributed by atoms with Crippen molar-refractivity contribution in [3.8, 4) is 0 Å². The highest BCUT2D eigenvalue weighted by molar-refractivity contribution is 5.81. The molecule has 5 aliphatic carbocycles. The first-order valence-electron chi connectivity index (χ1n) is 18.3. The summed E-state index contributed by atoms with van der Waals surface area (Å²) in [5.74, 6) is 0.870. The molecule has 47 heavy (non-hydrogen) atoms. The van der Waals surface area contributed by atoms with E-state index in [1.807, 2.05) is 12.1 Å². The molecule has 5 saturated carbocycles. The fourth-order valence-electron chi connectivity index (χ4n) is 12.9. The van der Waals surface area contributed by atoms with Crippen molar-refractivity contribution in [3.63, 3.8) is 0 Å². The summed E-state index contributed by atoms with van der Waals surface area (Å²) < 4.78 is 6.20. The Morgan fingerprint density at radius 2 is 1.62 bits per heavy atom. The summed E-state index contributed by atoms with van der Waals surface area (Å²) in [6.07, 6.45) is 13.3. The number of aliphatic carboxylic acids is 1. The molecule has 7 nitrogen and oxygen atoms in total. The van der Waals surface area contributed by atoms with Crippen molar-refractivity contribution in [1.29, 1.82) is 0 Å². The molecular weight excluding hydrogens is 588 g/mol. The summed E-state index contributed by atoms with van der Waals surface area (Å²) in [4.78, 5) is 42.5. The van der Waals surface area contributed by atoms with Crippen molar-refractivity contribution in [2.75, 3.05) is 0 Å². The van der Waals surface area contributed by atoms with Gasteiger partial charge in [0.2, 0.25) is 5.91 Å². The van der Waals surface area contributed by atoms with Gasteiger partial charge in [-0.2, -0.15) is 0 Å². The second-order valence-electron chi connectivity index (χ2n) is 17.6. The van der Waals surface area contributed by atoms with E-state index in [-0.39, 0.29) is 58.4 Å². The van der Waals surface area contributed by atoms with Crippen LogP contribution in [0.1, 0.15) is 124 Å². The van der Waals surface area contributed by atoms with Crippen LogP contribution in [0, 0.1) is 56.7 Å². The number of carboxylic acid groups (broad SMARTS) is 1. The maximum Gasteiger partial charge on any atom is 0.309 e. The molecule has 1 aromatic heterocycles. The minimum atomic E-state index is -0.595. The molecule has 0 bridgehead atoms. The number of pyridine rings is 1. The third kappa shape index (κ3) is 5.28. The van der Waals surface area contributed by atoms with Crippen LogP contribution in [0.2, 0.25) is 0 Å². The lowest BCUT2D eigenvalue weighted by Crippen LogP contribution is -2.67. The molecule has 6 rings (SSSR count). The van der Waals surface area contributed by atoms with Gasteiger partial charge in [-0.05, 0) is 135 Å². The van der Waals surface area contributed by atoms with E-state index in [2.05, 4.69) is 58.4 Å². The van der Waals surface area contributed by atoms with E-state index >= 15 is 0 Å². The van der Waals surface area contributed by atoms with Gasteiger partial charge in [0.15, 0.2) is 0 Å². The number of carbonyl (C=O) groups excluding carboxylic acids is 2. The quantitative estimate of drug-likeness (QED) is 0.218. The van der Waals surface area contributed by atoms with Gasteiger partial charge in [0.25, 0.3) is 0 Å². The number of aromatic nitrogens is 1. The predicted molar refractivity (Wildman–Crippen MR) is 182 cm³/mol. The van der Waals surface area contributed by atoms with E-state index in [1.54, 1.807) is 12.4 Å². The number of amides is 1. The number of hydrogen-bond donors (Lipinski definition) is 2. The first-order chi connectivity index (χ1) is 22.1. The van der Waals surface area contributed by atoms with Crippen molar-refractivity contribution in [2.45, 2.75) is 131 Å². The zero-order valence-corrected chi connectivity index (χ0v) is 29.7. The van der Waals surface area contributed by atoms with E-state index in [9.17, 15) is 19.5 Å². The average molecular weight is 647 g/mol. The number of carbonyl (C=O) groups is 3. The molecule has 10 atom stereocenters. The number of hydrogen-bond acceptors (Lipinski definition) is 5. The van der Waals surface area contributed by atoms with Gasteiger partial charge in [-0.3, -0.25) is 19.4 Å². The van der Waals surface area contributed by atoms with Crippen LogP contribution in [-0.2, 0) is 25.7 Å². The van der Waals surface area contributed by atoms with Gasteiger partial charge in [-0.15, -0.1) is 0 Å². The van der Waals surface area contributed by atoms with Crippen molar-refractivity contribution in [3.05, 3.63) is 42.2 Å². The fourth-order valence-corrected chi connectivity index (χ4v) is 12.9. The van der Waals surface area contributed by atoms with Crippen LogP contribution < -0.4 is 5.32 Å². The molecule has 0 aromatic carbocycles. The standard InChI is InChI=1S/C40H58N2O5/c1-25(2)27-12-19-40(35(45)46)21-20-38(6)28(34(27)40)8-9-30-37(5)17-14-31(36(3,4)29(37)13-18-39(30,38)7)47-33(44)11-10-32(43)42-24-26-15-22-41-23-16-26/h15-16,22-23,27-31,34H,1,8-14,17-21,24H2,2-7H3,(H,42,43)(H,45,46)/t27-,28+,29-,30+,31-,34+,37-,38+,39+,40-/m0/s1. The molecule has 7 heteroatoms. The molecule has 0 aliphatic heterocycles. The van der Waals surface area contributed by atoms with Crippen molar-refractivity contribution >= 4 is 17.8 Å². The normalized spacial score (nSPS) is 41.7. The summed E-state index contributed by atoms with van der Waals surface area (Å²) in [5.41, 5.74) is 1.74. The highest BCUT2D eigenvalue weighted by atomic mass is 16.5. The van der Waals surface area contributed by atoms with E-state index in [1.165, 1.54) is 5.57 Å². The Kier molecular flexibility index (Phi) is 8.74. The Morgan fingerprint density at radius 3 is 2.30 bits per heavy atom. The molecule has 1 aromatic rings. The number of carboxylic acids is 1. The zero-order valence-electron chi connectivity index (χ0n) is 29.7. The minimum Gasteiger partial charge on any atom is -0.481 e. The smallest absolute Gasteiger partial charge is 0.309 e. The second-order valence-corrected chi connectivity index (χ2v) is 17.6. The van der Waals surface area contributed by atoms with Gasteiger partial charge in [-0.25, -0.2) is 0 Å². The van der Waals surface area contributed by atoms with Crippen LogP contribution >= 0.6 is 0 Å². The lowest BCUT2D eigenvalue weighted by atomic mass is 9.32. The molecule has 1 amide bonds. The zero-order chi connectivity index (χ0) is 34.0. The first kappa shape index (κ1) is 34.2. The van der Waals surface area contributed by atoms with Crippen molar-refractivity contribution < 1.29 is 24.2 Å². The molecule has 5 aliphatic rings. The van der Waals surface area contributed by atoms with Crippen LogP contribution in [0.25, 0.3) is 0 Å². The number of nitrogens with zero attached hydrogens (tertiary/aromatic N) is 1. The number of fused-ring (bicyclic) bond motifs is 7. The van der Waals surface area contributed by atoms with Crippen LogP contribution in [0.15, 0.2) is 36.7 Å². The predicted octanol–water partition coefficient (Wildman–Crippen LogP) is 8.13. The highest BCUT2D eigenvalue weighted by Crippen LogP contribution is 2.77. The lowest BCUT2D eigenvalue weighted by Gasteiger charge is -2.72. The second kappa shape index (κ2) is 12.0. The topological polar surface area (TPSA) is 106 Å². The maximum absolute atomic E-state index is 13.1. The van der Waals surface area contributed by atoms with Crippen LogP contribution in [0.4, 0.5) is 0 Å². The summed E-state index contributed by atoms with van der Waals surface area (Å²) in [7, 11) is 0. The van der Waals surface area contributed by atoms with Gasteiger partial charge in [-0.1, -0.05) is 46.8 Å². The lowest BCUT2D eigenvalue weighted by molar-refractivity contribution is -0.250. The van der Waals surface area contributed by atoms with Crippen molar-refractivity contribution in [1.82, 2.24) is 10.3 Å². The Bertz CT molecular complexity index is 1410. The molecule has 1 heterocycles. The van der Waals surface area contributed by atoms with Gasteiger partial charge >= 0.3 is 11.9 Å². The van der Waals surface area contributed by atoms with Gasteiger partial charge < -0.3 is 15.2 Å². The highest BCUT2D eigenvalue weighted by Gasteiger charge is 2.72. The van der Waals surface area contributed by atoms with Crippen LogP contribution in [-0.4, -0.2) is 34.0 Å². The number of allylic oxidation sites excluding steroid dienone is 1. The van der Waals surface area contributed by atoms with Gasteiger partial charge in [0.05, 0.1) is 11.8 Å². The average Bonchev–Trinajstić information content (AvgIpc) is 3.43. The molecule has 0 unspecified atom stereocenters. The largest absolute Gasteiger partial charge is 0.481 e. The molecule has 0 radical (unpaired) electrons.